The summed E-state index contributed by atoms with van der Waals surface area (Å²) in [4.78, 5) is 17.0. The molecule has 0 aliphatic heterocycles. The second-order valence-electron chi connectivity index (χ2n) is 7.63. The topological polar surface area (TPSA) is 66.1 Å². The highest BCUT2D eigenvalue weighted by atomic mass is 35.5. The molecular formula is C23H26Cl4N4O. The summed E-state index contributed by atoms with van der Waals surface area (Å²) in [6.07, 6.45) is 3.90. The van der Waals surface area contributed by atoms with Crippen LogP contribution in [0.4, 0.5) is 11.5 Å². The number of aromatic nitrogens is 1. The van der Waals surface area contributed by atoms with E-state index in [1.54, 1.807) is 18.2 Å². The molecule has 5 nitrogen and oxygen atoms in total. The SMILES string of the molecule is Cl.Cl.O=C(CNc1ccc(Cl)c(Cl)c1)N[C@H]1CC[C@@H](Nc2ccc3ccccc3n2)CC1. The van der Waals surface area contributed by atoms with Crippen LogP contribution in [0.2, 0.25) is 10.0 Å². The number of nitrogens with zero attached hydrogens (tertiary/aromatic N) is 1. The first-order valence-electron chi connectivity index (χ1n) is 10.2. The number of carbonyl (C=O) groups is 1. The van der Waals surface area contributed by atoms with Gasteiger partial charge in [0.25, 0.3) is 0 Å². The monoisotopic (exact) mass is 514 g/mol. The molecular weight excluding hydrogens is 490 g/mol. The number of carbonyl (C=O) groups excluding carboxylic acids is 1. The number of pyridine rings is 1. The van der Waals surface area contributed by atoms with Gasteiger partial charge >= 0.3 is 0 Å². The molecule has 172 valence electrons. The van der Waals surface area contributed by atoms with Gasteiger partial charge in [-0.15, -0.1) is 24.8 Å². The summed E-state index contributed by atoms with van der Waals surface area (Å²) in [7, 11) is 0. The van der Waals surface area contributed by atoms with Crippen LogP contribution in [0.1, 0.15) is 25.7 Å². The summed E-state index contributed by atoms with van der Waals surface area (Å²) in [5.74, 6) is 0.890. The third-order valence-corrected chi connectivity index (χ3v) is 6.15. The molecule has 1 aliphatic rings. The van der Waals surface area contributed by atoms with Crippen molar-refractivity contribution in [3.05, 3.63) is 64.6 Å². The van der Waals surface area contributed by atoms with Gasteiger partial charge in [0, 0.05) is 23.2 Å². The highest BCUT2D eigenvalue weighted by Gasteiger charge is 2.22. The molecule has 0 spiro atoms. The second kappa shape index (κ2) is 12.4. The fourth-order valence-electron chi connectivity index (χ4n) is 3.80. The van der Waals surface area contributed by atoms with Crippen molar-refractivity contribution in [2.75, 3.05) is 17.2 Å². The summed E-state index contributed by atoms with van der Waals surface area (Å²) in [5, 5.41) is 11.9. The summed E-state index contributed by atoms with van der Waals surface area (Å²) >= 11 is 11.9. The molecule has 0 unspecified atom stereocenters. The maximum atomic E-state index is 12.3. The fraction of sp³-hybridized carbons (Fsp3) is 0.304. The number of rotatable bonds is 6. The van der Waals surface area contributed by atoms with Crippen LogP contribution in [-0.4, -0.2) is 29.5 Å². The number of halogens is 4. The molecule has 1 aromatic heterocycles. The average Bonchev–Trinajstić information content (AvgIpc) is 2.76. The summed E-state index contributed by atoms with van der Waals surface area (Å²) < 4.78 is 0. The highest BCUT2D eigenvalue weighted by molar-refractivity contribution is 6.42. The van der Waals surface area contributed by atoms with Gasteiger partial charge in [-0.3, -0.25) is 4.79 Å². The van der Waals surface area contributed by atoms with E-state index in [1.165, 1.54) is 0 Å². The lowest BCUT2D eigenvalue weighted by atomic mass is 9.91. The number of fused-ring (bicyclic) bond motifs is 1. The van der Waals surface area contributed by atoms with Gasteiger partial charge in [-0.1, -0.05) is 41.4 Å². The van der Waals surface area contributed by atoms with Crippen molar-refractivity contribution >= 4 is 76.3 Å². The predicted molar refractivity (Wildman–Crippen MR) is 139 cm³/mol. The molecule has 32 heavy (non-hydrogen) atoms. The number of hydrogen-bond acceptors (Lipinski definition) is 4. The highest BCUT2D eigenvalue weighted by Crippen LogP contribution is 2.25. The molecule has 4 rings (SSSR count). The summed E-state index contributed by atoms with van der Waals surface area (Å²) in [6.45, 7) is 0.206. The lowest BCUT2D eigenvalue weighted by Gasteiger charge is -2.30. The second-order valence-corrected chi connectivity index (χ2v) is 8.45. The minimum atomic E-state index is -0.0197. The Kier molecular flexibility index (Phi) is 10.2. The maximum Gasteiger partial charge on any atom is 0.239 e. The van der Waals surface area contributed by atoms with E-state index in [-0.39, 0.29) is 43.3 Å². The van der Waals surface area contributed by atoms with Crippen LogP contribution >= 0.6 is 48.0 Å². The van der Waals surface area contributed by atoms with Crippen molar-refractivity contribution in [1.82, 2.24) is 10.3 Å². The van der Waals surface area contributed by atoms with Gasteiger partial charge < -0.3 is 16.0 Å². The van der Waals surface area contributed by atoms with Gasteiger partial charge in [-0.25, -0.2) is 4.98 Å². The smallest absolute Gasteiger partial charge is 0.239 e. The third-order valence-electron chi connectivity index (χ3n) is 5.42. The third kappa shape index (κ3) is 7.04. The number of amides is 1. The van der Waals surface area contributed by atoms with Gasteiger partial charge in [-0.05, 0) is 62.1 Å². The van der Waals surface area contributed by atoms with Crippen LogP contribution in [0, 0.1) is 0 Å². The van der Waals surface area contributed by atoms with Crippen LogP contribution in [-0.2, 0) is 4.79 Å². The Morgan fingerprint density at radius 3 is 2.38 bits per heavy atom. The molecule has 1 saturated carbocycles. The predicted octanol–water partition coefficient (Wildman–Crippen LogP) is 6.34. The summed E-state index contributed by atoms with van der Waals surface area (Å²) in [6, 6.07) is 18.1. The molecule has 0 radical (unpaired) electrons. The van der Waals surface area contributed by atoms with E-state index in [0.717, 1.165) is 48.1 Å². The van der Waals surface area contributed by atoms with Crippen LogP contribution in [0.15, 0.2) is 54.6 Å². The van der Waals surface area contributed by atoms with Crippen molar-refractivity contribution in [2.45, 2.75) is 37.8 Å². The first-order valence-corrected chi connectivity index (χ1v) is 10.9. The molecule has 9 heteroatoms. The fourth-order valence-corrected chi connectivity index (χ4v) is 4.10. The molecule has 1 heterocycles. The Balaban J connectivity index is 0.00000181. The lowest BCUT2D eigenvalue weighted by Crippen LogP contribution is -2.42. The first-order chi connectivity index (χ1) is 14.6. The standard InChI is InChI=1S/C23H24Cl2N4O.2ClH/c24-19-11-10-18(13-20(19)25)26-14-23(30)28-17-8-6-16(7-9-17)27-22-12-5-15-3-1-2-4-21(15)29-22;;/h1-5,10-13,16-17,26H,6-9,14H2,(H,27,29)(H,28,30);2*1H/t16-,17+;;. The Labute approximate surface area is 210 Å². The van der Waals surface area contributed by atoms with Crippen LogP contribution < -0.4 is 16.0 Å². The van der Waals surface area contributed by atoms with Crippen molar-refractivity contribution in [3.8, 4) is 0 Å². The molecule has 1 amide bonds. The maximum absolute atomic E-state index is 12.3. The number of para-hydroxylation sites is 1. The summed E-state index contributed by atoms with van der Waals surface area (Å²) in [5.41, 5.74) is 1.77. The molecule has 0 atom stereocenters. The minimum Gasteiger partial charge on any atom is -0.376 e. The molecule has 1 aliphatic carbocycles. The molecule has 3 aromatic rings. The lowest BCUT2D eigenvalue weighted by molar-refractivity contribution is -0.120. The van der Waals surface area contributed by atoms with E-state index < -0.39 is 0 Å². The van der Waals surface area contributed by atoms with E-state index in [1.807, 2.05) is 24.3 Å². The Morgan fingerprint density at radius 1 is 0.906 bits per heavy atom. The van der Waals surface area contributed by atoms with Gasteiger partial charge in [-0.2, -0.15) is 0 Å². The molecule has 0 bridgehead atoms. The number of anilines is 2. The van der Waals surface area contributed by atoms with E-state index in [0.29, 0.717) is 16.1 Å². The van der Waals surface area contributed by atoms with Crippen LogP contribution in [0.3, 0.4) is 0 Å². The largest absolute Gasteiger partial charge is 0.376 e. The van der Waals surface area contributed by atoms with Gasteiger partial charge in [0.2, 0.25) is 5.91 Å². The van der Waals surface area contributed by atoms with E-state index in [4.69, 9.17) is 28.2 Å². The molecule has 2 aromatic carbocycles. The van der Waals surface area contributed by atoms with Crippen molar-refractivity contribution in [3.63, 3.8) is 0 Å². The average molecular weight is 516 g/mol. The van der Waals surface area contributed by atoms with Crippen molar-refractivity contribution in [2.24, 2.45) is 0 Å². The van der Waals surface area contributed by atoms with Gasteiger partial charge in [0.1, 0.15) is 5.82 Å². The van der Waals surface area contributed by atoms with E-state index >= 15 is 0 Å². The van der Waals surface area contributed by atoms with Crippen molar-refractivity contribution in [1.29, 1.82) is 0 Å². The Hall–Kier alpha value is -1.92. The molecule has 0 saturated heterocycles. The van der Waals surface area contributed by atoms with E-state index in [2.05, 4.69) is 28.1 Å². The van der Waals surface area contributed by atoms with Crippen LogP contribution in [0.25, 0.3) is 10.9 Å². The first kappa shape index (κ1) is 26.3. The zero-order valence-electron chi connectivity index (χ0n) is 17.3. The number of benzene rings is 2. The quantitative estimate of drug-likeness (QED) is 0.358. The Bertz CT molecular complexity index is 1040. The Morgan fingerprint density at radius 2 is 1.62 bits per heavy atom. The number of nitrogens with one attached hydrogen (secondary N) is 3. The van der Waals surface area contributed by atoms with Gasteiger partial charge in [0.15, 0.2) is 0 Å². The van der Waals surface area contributed by atoms with Gasteiger partial charge in [0.05, 0.1) is 22.1 Å². The number of hydrogen-bond donors (Lipinski definition) is 3. The normalized spacial score (nSPS) is 17.6. The van der Waals surface area contributed by atoms with E-state index in [9.17, 15) is 4.79 Å². The minimum absolute atomic E-state index is 0. The zero-order chi connectivity index (χ0) is 20.9. The van der Waals surface area contributed by atoms with Crippen LogP contribution in [0.5, 0.6) is 0 Å². The molecule has 1 fully saturated rings. The molecule has 3 N–H and O–H groups in total. The van der Waals surface area contributed by atoms with Crippen molar-refractivity contribution < 1.29 is 4.79 Å². The zero-order valence-corrected chi connectivity index (χ0v) is 20.5.